The van der Waals surface area contributed by atoms with Crippen LogP contribution in [0.3, 0.4) is 0 Å². The van der Waals surface area contributed by atoms with Gasteiger partial charge in [-0.25, -0.2) is 9.97 Å². The molecule has 1 saturated heterocycles. The molecule has 1 atom stereocenters. The van der Waals surface area contributed by atoms with E-state index in [1.54, 1.807) is 6.20 Å². The third-order valence-corrected chi connectivity index (χ3v) is 7.47. The first-order chi connectivity index (χ1) is 17.7. The van der Waals surface area contributed by atoms with Crippen molar-refractivity contribution < 1.29 is 18.0 Å². The third-order valence-electron chi connectivity index (χ3n) is 7.47. The maximum atomic E-state index is 13.8. The first-order valence-corrected chi connectivity index (χ1v) is 12.5. The van der Waals surface area contributed by atoms with Gasteiger partial charge in [-0.05, 0) is 62.3 Å². The first kappa shape index (κ1) is 25.1. The minimum atomic E-state index is -4.59. The van der Waals surface area contributed by atoms with Crippen LogP contribution in [0.5, 0.6) is 0 Å². The highest BCUT2D eigenvalue weighted by atomic mass is 19.4. The summed E-state index contributed by atoms with van der Waals surface area (Å²) in [6.07, 6.45) is 0.676. The molecule has 0 radical (unpaired) electrons. The number of aryl methyl sites for hydroxylation is 2. The number of pyridine rings is 1. The highest BCUT2D eigenvalue weighted by molar-refractivity contribution is 5.90. The van der Waals surface area contributed by atoms with Gasteiger partial charge in [0, 0.05) is 25.3 Å². The van der Waals surface area contributed by atoms with E-state index in [9.17, 15) is 18.0 Å². The lowest BCUT2D eigenvalue weighted by Gasteiger charge is -2.36. The van der Waals surface area contributed by atoms with Crippen LogP contribution < -0.4 is 11.1 Å². The minimum absolute atomic E-state index is 0.0302. The SMILES string of the molecule is CC(c1ccc(Nc2ncc(C(F)(F)F)c(CCc3ccccc3C3(C(N)=O)CC3)n2)cn1)N1CCC1. The van der Waals surface area contributed by atoms with E-state index in [4.69, 9.17) is 5.73 Å². The van der Waals surface area contributed by atoms with Gasteiger partial charge >= 0.3 is 6.18 Å². The van der Waals surface area contributed by atoms with E-state index < -0.39 is 23.1 Å². The monoisotopic (exact) mass is 510 g/mol. The standard InChI is InChI=1S/C27H29F3N6O/c1-17(36-13-4-14-36)22-10-8-19(15-32-22)34-25-33-16-21(27(28,29)30)23(35-25)9-7-18-5-2-3-6-20(18)26(11-12-26)24(31)37/h2-3,5-6,8,10,15-17H,4,7,9,11-14H2,1H3,(H2,31,37)(H,33,34,35). The summed E-state index contributed by atoms with van der Waals surface area (Å²) in [5.41, 5.74) is 7.06. The molecule has 3 heterocycles. The van der Waals surface area contributed by atoms with Gasteiger partial charge in [0.1, 0.15) is 0 Å². The van der Waals surface area contributed by atoms with Gasteiger partial charge in [-0.1, -0.05) is 24.3 Å². The molecule has 1 aliphatic carbocycles. The topological polar surface area (TPSA) is 97.0 Å². The molecular weight excluding hydrogens is 481 g/mol. The average molecular weight is 511 g/mol. The number of benzene rings is 1. The van der Waals surface area contributed by atoms with E-state index >= 15 is 0 Å². The molecular formula is C27H29F3N6O. The van der Waals surface area contributed by atoms with Gasteiger partial charge in [0.15, 0.2) is 0 Å². The second-order valence-corrected chi connectivity index (χ2v) is 9.82. The van der Waals surface area contributed by atoms with Crippen molar-refractivity contribution in [3.05, 3.63) is 76.9 Å². The van der Waals surface area contributed by atoms with Crippen molar-refractivity contribution in [2.24, 2.45) is 5.73 Å². The Morgan fingerprint density at radius 3 is 2.46 bits per heavy atom. The Morgan fingerprint density at radius 2 is 1.86 bits per heavy atom. The number of rotatable bonds is 9. The van der Waals surface area contributed by atoms with Gasteiger partial charge in [-0.3, -0.25) is 14.7 Å². The number of aromatic nitrogens is 3. The van der Waals surface area contributed by atoms with Crippen LogP contribution in [0.1, 0.15) is 60.3 Å². The van der Waals surface area contributed by atoms with Crippen LogP contribution in [-0.2, 0) is 29.2 Å². The Labute approximate surface area is 213 Å². The summed E-state index contributed by atoms with van der Waals surface area (Å²) in [6.45, 7) is 4.21. The molecule has 5 rings (SSSR count). The number of nitrogens with one attached hydrogen (secondary N) is 1. The van der Waals surface area contributed by atoms with Crippen LogP contribution in [0.4, 0.5) is 24.8 Å². The molecule has 7 nitrogen and oxygen atoms in total. The molecule has 2 aliphatic rings. The summed E-state index contributed by atoms with van der Waals surface area (Å²) in [4.78, 5) is 27.0. The molecule has 3 N–H and O–H groups in total. The van der Waals surface area contributed by atoms with E-state index in [-0.39, 0.29) is 30.5 Å². The van der Waals surface area contributed by atoms with Crippen LogP contribution in [0.25, 0.3) is 0 Å². The molecule has 1 unspecified atom stereocenters. The number of amides is 1. The summed E-state index contributed by atoms with van der Waals surface area (Å²) in [7, 11) is 0. The number of hydrogen-bond donors (Lipinski definition) is 2. The highest BCUT2D eigenvalue weighted by Gasteiger charge is 2.50. The molecule has 0 bridgehead atoms. The van der Waals surface area contributed by atoms with Crippen molar-refractivity contribution in [2.45, 2.75) is 56.7 Å². The van der Waals surface area contributed by atoms with Crippen molar-refractivity contribution in [1.29, 1.82) is 0 Å². The Kier molecular flexibility index (Phi) is 6.61. The third kappa shape index (κ3) is 5.16. The molecule has 194 valence electrons. The predicted octanol–water partition coefficient (Wildman–Crippen LogP) is 4.70. The highest BCUT2D eigenvalue weighted by Crippen LogP contribution is 2.49. The number of alkyl halides is 3. The zero-order valence-corrected chi connectivity index (χ0v) is 20.6. The molecule has 10 heteroatoms. The van der Waals surface area contributed by atoms with Crippen LogP contribution in [0.2, 0.25) is 0 Å². The van der Waals surface area contributed by atoms with Gasteiger partial charge < -0.3 is 11.1 Å². The van der Waals surface area contributed by atoms with Crippen molar-refractivity contribution in [3.8, 4) is 0 Å². The zero-order valence-electron chi connectivity index (χ0n) is 20.6. The van der Waals surface area contributed by atoms with E-state index in [0.29, 0.717) is 18.5 Å². The Hall–Kier alpha value is -3.53. The molecule has 2 aromatic heterocycles. The number of halogens is 3. The van der Waals surface area contributed by atoms with Gasteiger partial charge in [-0.2, -0.15) is 13.2 Å². The molecule has 1 aromatic carbocycles. The molecule has 1 aliphatic heterocycles. The van der Waals surface area contributed by atoms with Crippen LogP contribution in [-0.4, -0.2) is 38.8 Å². The minimum Gasteiger partial charge on any atom is -0.369 e. The summed E-state index contributed by atoms with van der Waals surface area (Å²) in [5, 5.41) is 2.98. The summed E-state index contributed by atoms with van der Waals surface area (Å²) < 4.78 is 41.3. The number of primary amides is 1. The van der Waals surface area contributed by atoms with Gasteiger partial charge in [0.25, 0.3) is 0 Å². The van der Waals surface area contributed by atoms with E-state index in [1.165, 1.54) is 6.42 Å². The summed E-state index contributed by atoms with van der Waals surface area (Å²) in [6, 6.07) is 11.2. The average Bonchev–Trinajstić information content (AvgIpc) is 3.64. The van der Waals surface area contributed by atoms with Crippen LogP contribution in [0.15, 0.2) is 48.8 Å². The van der Waals surface area contributed by atoms with Crippen molar-refractivity contribution in [1.82, 2.24) is 19.9 Å². The lowest BCUT2D eigenvalue weighted by molar-refractivity contribution is -0.138. The smallest absolute Gasteiger partial charge is 0.369 e. The van der Waals surface area contributed by atoms with Gasteiger partial charge in [0.2, 0.25) is 11.9 Å². The second kappa shape index (κ2) is 9.74. The lowest BCUT2D eigenvalue weighted by atomic mass is 9.88. The van der Waals surface area contributed by atoms with E-state index in [1.807, 2.05) is 36.4 Å². The normalized spacial score (nSPS) is 17.6. The lowest BCUT2D eigenvalue weighted by Crippen LogP contribution is -2.39. The van der Waals surface area contributed by atoms with Crippen molar-refractivity contribution in [3.63, 3.8) is 0 Å². The quantitative estimate of drug-likeness (QED) is 0.433. The van der Waals surface area contributed by atoms with Crippen molar-refractivity contribution >= 4 is 17.5 Å². The predicted molar refractivity (Wildman–Crippen MR) is 133 cm³/mol. The van der Waals surface area contributed by atoms with Crippen LogP contribution >= 0.6 is 0 Å². The zero-order chi connectivity index (χ0) is 26.2. The van der Waals surface area contributed by atoms with Crippen LogP contribution in [0, 0.1) is 0 Å². The number of carbonyl (C=O) groups excluding carboxylic acids is 1. The summed E-state index contributed by atoms with van der Waals surface area (Å²) >= 11 is 0. The molecule has 37 heavy (non-hydrogen) atoms. The van der Waals surface area contributed by atoms with Gasteiger partial charge in [0.05, 0.1) is 34.3 Å². The molecule has 1 saturated carbocycles. The van der Waals surface area contributed by atoms with Gasteiger partial charge in [-0.15, -0.1) is 0 Å². The molecule has 2 fully saturated rings. The Bertz CT molecular complexity index is 1290. The summed E-state index contributed by atoms with van der Waals surface area (Å²) in [5.74, 6) is -0.333. The fourth-order valence-electron chi connectivity index (χ4n) is 4.91. The second-order valence-electron chi connectivity index (χ2n) is 9.82. The number of carbonyl (C=O) groups is 1. The number of anilines is 2. The number of nitrogens with zero attached hydrogens (tertiary/aromatic N) is 4. The maximum Gasteiger partial charge on any atom is 0.419 e. The number of nitrogens with two attached hydrogens (primary N) is 1. The molecule has 3 aromatic rings. The first-order valence-electron chi connectivity index (χ1n) is 12.5. The number of hydrogen-bond acceptors (Lipinski definition) is 6. The van der Waals surface area contributed by atoms with E-state index in [0.717, 1.165) is 36.1 Å². The molecule has 0 spiro atoms. The maximum absolute atomic E-state index is 13.8. The fourth-order valence-corrected chi connectivity index (χ4v) is 4.91. The van der Waals surface area contributed by atoms with E-state index in [2.05, 4.69) is 32.1 Å². The Balaban J connectivity index is 1.35. The Morgan fingerprint density at radius 1 is 1.11 bits per heavy atom. The largest absolute Gasteiger partial charge is 0.419 e. The fraction of sp³-hybridized carbons (Fsp3) is 0.407. The number of likely N-dealkylation sites (tertiary alicyclic amines) is 1. The van der Waals surface area contributed by atoms with Crippen molar-refractivity contribution in [2.75, 3.05) is 18.4 Å². The molecule has 1 amide bonds.